The smallest absolute Gasteiger partial charge is 0.135 e. The Morgan fingerprint density at radius 2 is 1.71 bits per heavy atom. The predicted molar refractivity (Wildman–Crippen MR) is 97.6 cm³/mol. The van der Waals surface area contributed by atoms with Gasteiger partial charge in [-0.2, -0.15) is 0 Å². The first-order chi connectivity index (χ1) is 11.8. The van der Waals surface area contributed by atoms with Crippen molar-refractivity contribution < 1.29 is 9.47 Å². The minimum Gasteiger partial charge on any atom is -0.496 e. The summed E-state index contributed by atoms with van der Waals surface area (Å²) in [5.41, 5.74) is 1.13. The molecule has 2 aromatic rings. The molecule has 24 heavy (non-hydrogen) atoms. The van der Waals surface area contributed by atoms with Gasteiger partial charge in [0.05, 0.1) is 7.11 Å². The summed E-state index contributed by atoms with van der Waals surface area (Å²) in [4.78, 5) is 0. The second kappa shape index (κ2) is 5.27. The molecular weight excluding hydrogens is 296 g/mol. The largest absolute Gasteiger partial charge is 0.496 e. The molecule has 2 nitrogen and oxygen atoms in total. The third-order valence-electron chi connectivity index (χ3n) is 6.51. The van der Waals surface area contributed by atoms with E-state index in [-0.39, 0.29) is 5.60 Å². The van der Waals surface area contributed by atoms with Crippen molar-refractivity contribution in [3.63, 3.8) is 0 Å². The van der Waals surface area contributed by atoms with Crippen molar-refractivity contribution in [1.29, 1.82) is 0 Å². The average molecular weight is 320 g/mol. The fourth-order valence-electron chi connectivity index (χ4n) is 5.36. The molecule has 2 fully saturated rings. The molecule has 0 atom stereocenters. The molecule has 2 bridgehead atoms. The molecule has 1 heterocycles. The lowest BCUT2D eigenvalue weighted by atomic mass is 9.60. The van der Waals surface area contributed by atoms with Gasteiger partial charge in [0.2, 0.25) is 0 Å². The highest BCUT2D eigenvalue weighted by atomic mass is 16.5. The van der Waals surface area contributed by atoms with Crippen molar-refractivity contribution >= 4 is 16.8 Å². The molecule has 0 amide bonds. The highest BCUT2D eigenvalue weighted by molar-refractivity contribution is 5.96. The number of benzene rings is 2. The van der Waals surface area contributed by atoms with Gasteiger partial charge in [-0.05, 0) is 43.9 Å². The van der Waals surface area contributed by atoms with E-state index in [4.69, 9.17) is 9.47 Å². The van der Waals surface area contributed by atoms with E-state index in [2.05, 4.69) is 36.4 Å². The van der Waals surface area contributed by atoms with E-state index in [1.807, 2.05) is 6.07 Å². The summed E-state index contributed by atoms with van der Waals surface area (Å²) in [6.07, 6.45) is 12.7. The molecule has 2 aromatic carbocycles. The molecule has 0 aromatic heterocycles. The number of rotatable bonds is 1. The zero-order valence-corrected chi connectivity index (χ0v) is 14.3. The maximum atomic E-state index is 6.90. The van der Waals surface area contributed by atoms with Crippen molar-refractivity contribution in [2.75, 3.05) is 7.11 Å². The first-order valence-electron chi connectivity index (χ1n) is 9.30. The standard InChI is InChI=1S/C22H24O2/c1-23-20-10-4-9-19-18(20)12-11-15-13-14-22(24-21(15)19)16-5-2-6-17(22)8-3-7-16/h4,9-14,16-17H,2-3,5-8H2,1H3. The van der Waals surface area contributed by atoms with E-state index < -0.39 is 0 Å². The summed E-state index contributed by atoms with van der Waals surface area (Å²) in [5.74, 6) is 3.34. The van der Waals surface area contributed by atoms with E-state index in [0.717, 1.165) is 16.9 Å². The zero-order chi connectivity index (χ0) is 16.1. The summed E-state index contributed by atoms with van der Waals surface area (Å²) >= 11 is 0. The lowest BCUT2D eigenvalue weighted by molar-refractivity contribution is -0.0604. The van der Waals surface area contributed by atoms with E-state index in [0.29, 0.717) is 11.8 Å². The van der Waals surface area contributed by atoms with Crippen molar-refractivity contribution in [2.45, 2.75) is 44.1 Å². The maximum Gasteiger partial charge on any atom is 0.135 e. The third kappa shape index (κ3) is 1.89. The Labute approximate surface area is 143 Å². The maximum absolute atomic E-state index is 6.90. The number of ether oxygens (including phenoxy) is 2. The molecule has 1 aliphatic heterocycles. The predicted octanol–water partition coefficient (Wildman–Crippen LogP) is 5.59. The van der Waals surface area contributed by atoms with Crippen LogP contribution in [-0.4, -0.2) is 12.7 Å². The Bertz CT molecular complexity index is 798. The summed E-state index contributed by atoms with van der Waals surface area (Å²) in [5, 5.41) is 2.32. The Morgan fingerprint density at radius 1 is 0.958 bits per heavy atom. The summed E-state index contributed by atoms with van der Waals surface area (Å²) in [7, 11) is 1.74. The van der Waals surface area contributed by atoms with Crippen LogP contribution in [0, 0.1) is 11.8 Å². The van der Waals surface area contributed by atoms with Gasteiger partial charge in [-0.1, -0.05) is 37.1 Å². The van der Waals surface area contributed by atoms with Crippen LogP contribution in [0.15, 0.2) is 36.4 Å². The molecule has 0 N–H and O–H groups in total. The fourth-order valence-corrected chi connectivity index (χ4v) is 5.36. The van der Waals surface area contributed by atoms with E-state index in [1.54, 1.807) is 7.11 Å². The van der Waals surface area contributed by atoms with Crippen LogP contribution in [0.4, 0.5) is 0 Å². The van der Waals surface area contributed by atoms with Crippen LogP contribution in [0.1, 0.15) is 44.1 Å². The van der Waals surface area contributed by atoms with Crippen LogP contribution in [0.5, 0.6) is 11.5 Å². The second-order valence-corrected chi connectivity index (χ2v) is 7.58. The number of fused-ring (bicyclic) bond motifs is 3. The molecular formula is C22H24O2. The van der Waals surface area contributed by atoms with Crippen LogP contribution in [-0.2, 0) is 0 Å². The highest BCUT2D eigenvalue weighted by Crippen LogP contribution is 2.53. The first-order valence-corrected chi connectivity index (χ1v) is 9.30. The second-order valence-electron chi connectivity index (χ2n) is 7.58. The lowest BCUT2D eigenvalue weighted by Gasteiger charge is -2.52. The van der Waals surface area contributed by atoms with Gasteiger partial charge < -0.3 is 9.47 Å². The quantitative estimate of drug-likeness (QED) is 0.681. The molecule has 2 aliphatic carbocycles. The molecule has 0 saturated heterocycles. The van der Waals surface area contributed by atoms with Crippen molar-refractivity contribution in [3.8, 4) is 11.5 Å². The van der Waals surface area contributed by atoms with Gasteiger partial charge in [0.15, 0.2) is 0 Å². The highest BCUT2D eigenvalue weighted by Gasteiger charge is 2.51. The number of methoxy groups -OCH3 is 1. The van der Waals surface area contributed by atoms with Gasteiger partial charge in [-0.25, -0.2) is 0 Å². The van der Waals surface area contributed by atoms with Gasteiger partial charge in [-0.3, -0.25) is 0 Å². The van der Waals surface area contributed by atoms with E-state index in [9.17, 15) is 0 Å². The Morgan fingerprint density at radius 3 is 2.42 bits per heavy atom. The molecule has 1 spiro atoms. The summed E-state index contributed by atoms with van der Waals surface area (Å²) < 4.78 is 12.5. The van der Waals surface area contributed by atoms with Crippen LogP contribution < -0.4 is 9.47 Å². The van der Waals surface area contributed by atoms with Crippen LogP contribution in [0.3, 0.4) is 0 Å². The van der Waals surface area contributed by atoms with Crippen LogP contribution >= 0.6 is 0 Å². The molecule has 0 radical (unpaired) electrons. The SMILES string of the molecule is COc1cccc2c3c(ccc12)C=CC1(O3)C2CCCC1CCC2. The van der Waals surface area contributed by atoms with E-state index in [1.165, 1.54) is 49.5 Å². The minimum absolute atomic E-state index is 0.0686. The molecule has 3 aliphatic rings. The van der Waals surface area contributed by atoms with Crippen molar-refractivity contribution in [3.05, 3.63) is 42.0 Å². The summed E-state index contributed by atoms with van der Waals surface area (Å²) in [6.45, 7) is 0. The minimum atomic E-state index is -0.0686. The van der Waals surface area contributed by atoms with Gasteiger partial charge >= 0.3 is 0 Å². The Kier molecular flexibility index (Phi) is 3.16. The normalized spacial score (nSPS) is 30.9. The number of hydrogen-bond acceptors (Lipinski definition) is 2. The lowest BCUT2D eigenvalue weighted by Crippen LogP contribution is -2.54. The van der Waals surface area contributed by atoms with E-state index >= 15 is 0 Å². The summed E-state index contributed by atoms with van der Waals surface area (Å²) in [6, 6.07) is 10.6. The van der Waals surface area contributed by atoms with Gasteiger partial charge in [0.25, 0.3) is 0 Å². The third-order valence-corrected chi connectivity index (χ3v) is 6.51. The Hall–Kier alpha value is -1.96. The van der Waals surface area contributed by atoms with Crippen LogP contribution in [0.2, 0.25) is 0 Å². The first kappa shape index (κ1) is 14.4. The van der Waals surface area contributed by atoms with Crippen molar-refractivity contribution in [1.82, 2.24) is 0 Å². The van der Waals surface area contributed by atoms with Gasteiger partial charge in [-0.15, -0.1) is 0 Å². The monoisotopic (exact) mass is 320 g/mol. The topological polar surface area (TPSA) is 18.5 Å². The zero-order valence-electron chi connectivity index (χ0n) is 14.3. The molecule has 5 rings (SSSR count). The number of hydrogen-bond donors (Lipinski definition) is 0. The molecule has 2 heteroatoms. The Balaban J connectivity index is 1.68. The fraction of sp³-hybridized carbons (Fsp3) is 0.455. The average Bonchev–Trinajstić information content (AvgIpc) is 2.60. The molecule has 124 valence electrons. The van der Waals surface area contributed by atoms with Crippen LogP contribution in [0.25, 0.3) is 16.8 Å². The molecule has 2 saturated carbocycles. The van der Waals surface area contributed by atoms with Gasteiger partial charge in [0, 0.05) is 28.2 Å². The van der Waals surface area contributed by atoms with Crippen molar-refractivity contribution in [2.24, 2.45) is 11.8 Å². The molecule has 0 unspecified atom stereocenters. The van der Waals surface area contributed by atoms with Gasteiger partial charge in [0.1, 0.15) is 17.1 Å².